The molecule has 1 saturated carbocycles. The van der Waals surface area contributed by atoms with E-state index in [-0.39, 0.29) is 11.6 Å². The van der Waals surface area contributed by atoms with Gasteiger partial charge in [0.1, 0.15) is 5.82 Å². The number of nitrogens with zero attached hydrogens (tertiary/aromatic N) is 1. The van der Waals surface area contributed by atoms with Crippen LogP contribution < -0.4 is 5.12 Å². The molecule has 28 heavy (non-hydrogen) atoms. The van der Waals surface area contributed by atoms with Crippen LogP contribution in [0, 0.1) is 18.7 Å². The number of rotatable bonds is 7. The van der Waals surface area contributed by atoms with Gasteiger partial charge in [0.15, 0.2) is 5.78 Å². The van der Waals surface area contributed by atoms with Crippen molar-refractivity contribution < 1.29 is 13.7 Å². The van der Waals surface area contributed by atoms with E-state index in [0.717, 1.165) is 42.8 Å². The zero-order valence-electron chi connectivity index (χ0n) is 16.8. The quantitative estimate of drug-likeness (QED) is 0.387. The standard InChI is InChI=1S/C24H29F2NO/c1-3-4-24(28)20-9-12-22(13-10-20)27(26)16-18-5-7-19(8-6-18)23-14-11-21(25)15-17(23)2/h9-15,18-19H,3-8,16H2,1-2H3. The summed E-state index contributed by atoms with van der Waals surface area (Å²) < 4.78 is 28.0. The molecule has 0 N–H and O–H groups in total. The molecule has 0 aromatic heterocycles. The van der Waals surface area contributed by atoms with Gasteiger partial charge in [-0.25, -0.2) is 9.51 Å². The highest BCUT2D eigenvalue weighted by Crippen LogP contribution is 2.38. The van der Waals surface area contributed by atoms with E-state index in [4.69, 9.17) is 0 Å². The van der Waals surface area contributed by atoms with Gasteiger partial charge in [-0.05, 0) is 98.4 Å². The Morgan fingerprint density at radius 1 is 1.07 bits per heavy atom. The maximum absolute atomic E-state index is 14.6. The fourth-order valence-electron chi connectivity index (χ4n) is 4.27. The largest absolute Gasteiger partial charge is 0.294 e. The van der Waals surface area contributed by atoms with Crippen molar-refractivity contribution in [2.24, 2.45) is 5.92 Å². The third-order valence-electron chi connectivity index (χ3n) is 5.88. The summed E-state index contributed by atoms with van der Waals surface area (Å²) in [5, 5.41) is 0.808. The monoisotopic (exact) mass is 385 g/mol. The summed E-state index contributed by atoms with van der Waals surface area (Å²) in [5.41, 5.74) is 3.39. The number of carbonyl (C=O) groups is 1. The first-order chi connectivity index (χ1) is 13.5. The number of hydrogen-bond donors (Lipinski definition) is 0. The van der Waals surface area contributed by atoms with Gasteiger partial charge in [0, 0.05) is 12.0 Å². The minimum Gasteiger partial charge on any atom is -0.294 e. The van der Waals surface area contributed by atoms with Crippen molar-refractivity contribution in [1.82, 2.24) is 0 Å². The minimum atomic E-state index is -0.189. The van der Waals surface area contributed by atoms with Crippen molar-refractivity contribution in [3.8, 4) is 0 Å². The second-order valence-corrected chi connectivity index (χ2v) is 7.98. The van der Waals surface area contributed by atoms with Crippen LogP contribution in [0.1, 0.15) is 72.9 Å². The maximum atomic E-state index is 14.6. The Morgan fingerprint density at radius 2 is 1.75 bits per heavy atom. The van der Waals surface area contributed by atoms with E-state index in [1.165, 1.54) is 11.6 Å². The molecule has 0 unspecified atom stereocenters. The van der Waals surface area contributed by atoms with Crippen LogP contribution in [0.5, 0.6) is 0 Å². The zero-order valence-corrected chi connectivity index (χ0v) is 16.8. The highest BCUT2D eigenvalue weighted by Gasteiger charge is 2.25. The number of hydrogen-bond acceptors (Lipinski definition) is 2. The molecule has 150 valence electrons. The Kier molecular flexibility index (Phi) is 6.82. The Morgan fingerprint density at radius 3 is 2.36 bits per heavy atom. The van der Waals surface area contributed by atoms with Crippen LogP contribution in [0.4, 0.5) is 14.6 Å². The van der Waals surface area contributed by atoms with E-state index in [1.54, 1.807) is 30.3 Å². The number of Topliss-reactive ketones (excluding diaryl/α,β-unsaturated/α-hetero) is 1. The molecule has 4 heteroatoms. The third-order valence-corrected chi connectivity index (χ3v) is 5.88. The predicted molar refractivity (Wildman–Crippen MR) is 110 cm³/mol. The van der Waals surface area contributed by atoms with Crippen molar-refractivity contribution in [2.45, 2.75) is 58.3 Å². The zero-order chi connectivity index (χ0) is 20.1. The lowest BCUT2D eigenvalue weighted by atomic mass is 9.77. The Balaban J connectivity index is 1.53. The van der Waals surface area contributed by atoms with Crippen molar-refractivity contribution in [3.05, 3.63) is 65.0 Å². The molecule has 3 rings (SSSR count). The molecule has 0 heterocycles. The first-order valence-electron chi connectivity index (χ1n) is 10.3. The molecule has 0 radical (unpaired) electrons. The highest BCUT2D eigenvalue weighted by molar-refractivity contribution is 5.96. The molecule has 0 amide bonds. The molecule has 2 nitrogen and oxygen atoms in total. The van der Waals surface area contributed by atoms with Crippen LogP contribution in [-0.2, 0) is 0 Å². The van der Waals surface area contributed by atoms with Crippen LogP contribution in [-0.4, -0.2) is 12.3 Å². The van der Waals surface area contributed by atoms with E-state index in [9.17, 15) is 13.7 Å². The first-order valence-corrected chi connectivity index (χ1v) is 10.3. The smallest absolute Gasteiger partial charge is 0.162 e. The average molecular weight is 385 g/mol. The maximum Gasteiger partial charge on any atom is 0.162 e. The van der Waals surface area contributed by atoms with Gasteiger partial charge in [-0.3, -0.25) is 4.79 Å². The van der Waals surface area contributed by atoms with Crippen molar-refractivity contribution in [3.63, 3.8) is 0 Å². The van der Waals surface area contributed by atoms with Gasteiger partial charge in [0.2, 0.25) is 0 Å². The fraction of sp³-hybridized carbons (Fsp3) is 0.458. The molecule has 2 aromatic carbocycles. The lowest BCUT2D eigenvalue weighted by Gasteiger charge is -2.31. The topological polar surface area (TPSA) is 20.3 Å². The molecule has 2 aromatic rings. The molecule has 1 aliphatic rings. The number of halogens is 2. The van der Waals surface area contributed by atoms with Gasteiger partial charge in [0.05, 0.1) is 12.2 Å². The summed E-state index contributed by atoms with van der Waals surface area (Å²) in [6.45, 7) is 4.31. The van der Waals surface area contributed by atoms with Gasteiger partial charge in [0.25, 0.3) is 0 Å². The van der Waals surface area contributed by atoms with Crippen molar-refractivity contribution in [2.75, 3.05) is 11.7 Å². The number of ketones is 1. The second-order valence-electron chi connectivity index (χ2n) is 7.98. The molecule has 0 saturated heterocycles. The fourth-order valence-corrected chi connectivity index (χ4v) is 4.27. The SMILES string of the molecule is CCCC(=O)c1ccc(N(F)CC2CCC(c3ccc(F)cc3C)CC2)cc1. The van der Waals surface area contributed by atoms with E-state index >= 15 is 0 Å². The van der Waals surface area contributed by atoms with Crippen LogP contribution >= 0.6 is 0 Å². The van der Waals surface area contributed by atoms with E-state index < -0.39 is 0 Å². The molecule has 1 fully saturated rings. The molecule has 0 spiro atoms. The number of anilines is 1. The summed E-state index contributed by atoms with van der Waals surface area (Å²) >= 11 is 0. The summed E-state index contributed by atoms with van der Waals surface area (Å²) in [6, 6.07) is 11.8. The summed E-state index contributed by atoms with van der Waals surface area (Å²) in [6.07, 6.45) is 5.29. The highest BCUT2D eigenvalue weighted by atomic mass is 19.2. The van der Waals surface area contributed by atoms with Crippen LogP contribution in [0.25, 0.3) is 0 Å². The Hall–Kier alpha value is -2.23. The summed E-state index contributed by atoms with van der Waals surface area (Å²) in [5.74, 6) is 0.663. The number of benzene rings is 2. The molecule has 0 aliphatic heterocycles. The Labute approximate surface area is 166 Å². The summed E-state index contributed by atoms with van der Waals surface area (Å²) in [4.78, 5) is 11.9. The van der Waals surface area contributed by atoms with E-state index in [0.29, 0.717) is 36.1 Å². The van der Waals surface area contributed by atoms with E-state index in [1.807, 2.05) is 19.9 Å². The molecular formula is C24H29F2NO. The predicted octanol–water partition coefficient (Wildman–Crippen LogP) is 6.78. The molecule has 0 bridgehead atoms. The molecule has 1 aliphatic carbocycles. The van der Waals surface area contributed by atoms with Crippen LogP contribution in [0.15, 0.2) is 42.5 Å². The second kappa shape index (κ2) is 9.31. The number of carbonyl (C=O) groups excluding carboxylic acids is 1. The normalized spacial score (nSPS) is 19.4. The van der Waals surface area contributed by atoms with Gasteiger partial charge in [-0.15, -0.1) is 0 Å². The van der Waals surface area contributed by atoms with Crippen molar-refractivity contribution >= 4 is 11.5 Å². The van der Waals surface area contributed by atoms with Crippen LogP contribution in [0.3, 0.4) is 0 Å². The van der Waals surface area contributed by atoms with Crippen LogP contribution in [0.2, 0.25) is 0 Å². The molecule has 0 atom stereocenters. The van der Waals surface area contributed by atoms with Crippen molar-refractivity contribution in [1.29, 1.82) is 0 Å². The van der Waals surface area contributed by atoms with Gasteiger partial charge in [-0.2, -0.15) is 0 Å². The third kappa shape index (κ3) is 4.98. The number of aryl methyl sites for hydroxylation is 1. The lowest BCUT2D eigenvalue weighted by molar-refractivity contribution is 0.0981. The van der Waals surface area contributed by atoms with Gasteiger partial charge >= 0.3 is 0 Å². The van der Waals surface area contributed by atoms with E-state index in [2.05, 4.69) is 0 Å². The first kappa shape index (κ1) is 20.5. The van der Waals surface area contributed by atoms with Gasteiger partial charge in [-0.1, -0.05) is 17.5 Å². The average Bonchev–Trinajstić information content (AvgIpc) is 2.69. The van der Waals surface area contributed by atoms with Gasteiger partial charge < -0.3 is 0 Å². The lowest BCUT2D eigenvalue weighted by Crippen LogP contribution is -2.25. The molecular weight excluding hydrogens is 356 g/mol. The minimum absolute atomic E-state index is 0.105. The Bertz CT molecular complexity index is 795. The summed E-state index contributed by atoms with van der Waals surface area (Å²) in [7, 11) is 0.